The van der Waals surface area contributed by atoms with Gasteiger partial charge < -0.3 is 9.84 Å². The third kappa shape index (κ3) is 3.46. The fourth-order valence-corrected chi connectivity index (χ4v) is 3.67. The lowest BCUT2D eigenvalue weighted by Gasteiger charge is -2.35. The highest BCUT2D eigenvalue weighted by atomic mass is 32.2. The van der Waals surface area contributed by atoms with E-state index in [4.69, 9.17) is 4.74 Å². The third-order valence-electron chi connectivity index (χ3n) is 3.17. The van der Waals surface area contributed by atoms with E-state index in [-0.39, 0.29) is 22.3 Å². The van der Waals surface area contributed by atoms with Crippen molar-refractivity contribution in [1.29, 1.82) is 0 Å². The number of sulfonamides is 1. The second-order valence-electron chi connectivity index (χ2n) is 5.39. The van der Waals surface area contributed by atoms with E-state index in [1.807, 2.05) is 13.8 Å². The molecule has 2 rings (SSSR count). The van der Waals surface area contributed by atoms with Crippen molar-refractivity contribution < 1.29 is 18.3 Å². The van der Waals surface area contributed by atoms with Gasteiger partial charge in [0.2, 0.25) is 10.0 Å². The van der Waals surface area contributed by atoms with Crippen LogP contribution < -0.4 is 4.72 Å². The predicted molar refractivity (Wildman–Crippen MR) is 71.5 cm³/mol. The van der Waals surface area contributed by atoms with Crippen molar-refractivity contribution in [2.75, 3.05) is 6.61 Å². The van der Waals surface area contributed by atoms with Gasteiger partial charge in [-0.05, 0) is 38.8 Å². The van der Waals surface area contributed by atoms with E-state index in [2.05, 4.69) is 4.72 Å². The lowest BCUT2D eigenvalue weighted by atomic mass is 9.95. The minimum atomic E-state index is -3.70. The minimum absolute atomic E-state index is 0.0840. The Hall–Kier alpha value is -1.11. The van der Waals surface area contributed by atoms with Crippen LogP contribution in [0.2, 0.25) is 0 Å². The molecule has 19 heavy (non-hydrogen) atoms. The Morgan fingerprint density at radius 3 is 2.68 bits per heavy atom. The molecular weight excluding hydrogens is 266 g/mol. The Morgan fingerprint density at radius 1 is 1.37 bits per heavy atom. The summed E-state index contributed by atoms with van der Waals surface area (Å²) in [5.41, 5.74) is -0.329. The van der Waals surface area contributed by atoms with Crippen LogP contribution in [-0.2, 0) is 14.8 Å². The van der Waals surface area contributed by atoms with Crippen molar-refractivity contribution in [2.24, 2.45) is 0 Å². The maximum atomic E-state index is 12.2. The molecule has 1 atom stereocenters. The van der Waals surface area contributed by atoms with E-state index in [9.17, 15) is 13.5 Å². The van der Waals surface area contributed by atoms with E-state index < -0.39 is 10.0 Å². The summed E-state index contributed by atoms with van der Waals surface area (Å²) < 4.78 is 32.6. The Kier molecular flexibility index (Phi) is 3.85. The number of nitrogens with one attached hydrogen (secondary N) is 1. The second-order valence-corrected chi connectivity index (χ2v) is 7.07. The standard InChI is InChI=1S/C13H19NO4S/c1-13(2)9-10(7-8-18-13)14-19(16,17)12-6-4-3-5-11(12)15/h3-6,10,14-15H,7-9H2,1-2H3. The first-order chi connectivity index (χ1) is 8.80. The molecule has 0 saturated carbocycles. The van der Waals surface area contributed by atoms with Crippen molar-refractivity contribution in [3.05, 3.63) is 24.3 Å². The van der Waals surface area contributed by atoms with Crippen LogP contribution in [0.1, 0.15) is 26.7 Å². The summed E-state index contributed by atoms with van der Waals surface area (Å²) >= 11 is 0. The van der Waals surface area contributed by atoms with Gasteiger partial charge in [0.25, 0.3) is 0 Å². The van der Waals surface area contributed by atoms with E-state index in [1.165, 1.54) is 12.1 Å². The van der Waals surface area contributed by atoms with Crippen LogP contribution in [0.4, 0.5) is 0 Å². The van der Waals surface area contributed by atoms with Crippen molar-refractivity contribution in [2.45, 2.75) is 43.2 Å². The van der Waals surface area contributed by atoms with Crippen molar-refractivity contribution >= 4 is 10.0 Å². The van der Waals surface area contributed by atoms with Crippen LogP contribution in [0.25, 0.3) is 0 Å². The highest BCUT2D eigenvalue weighted by molar-refractivity contribution is 7.89. The number of aromatic hydroxyl groups is 1. The monoisotopic (exact) mass is 285 g/mol. The SMILES string of the molecule is CC1(C)CC(NS(=O)(=O)c2ccccc2O)CCO1. The molecule has 5 nitrogen and oxygen atoms in total. The number of phenolic OH excluding ortho intramolecular Hbond substituents is 1. The zero-order chi connectivity index (χ0) is 14.1. The van der Waals surface area contributed by atoms with Crippen LogP contribution in [0, 0.1) is 0 Å². The van der Waals surface area contributed by atoms with Crippen molar-refractivity contribution in [3.8, 4) is 5.75 Å². The second kappa shape index (κ2) is 5.11. The highest BCUT2D eigenvalue weighted by Gasteiger charge is 2.32. The lowest BCUT2D eigenvalue weighted by Crippen LogP contribution is -2.45. The van der Waals surface area contributed by atoms with Crippen molar-refractivity contribution in [1.82, 2.24) is 4.72 Å². The van der Waals surface area contributed by atoms with Gasteiger partial charge in [-0.25, -0.2) is 13.1 Å². The molecular formula is C13H19NO4S. The molecule has 6 heteroatoms. The maximum absolute atomic E-state index is 12.2. The molecule has 1 aromatic rings. The number of ether oxygens (including phenoxy) is 1. The Bertz CT molecular complexity index is 554. The van der Waals surface area contributed by atoms with Gasteiger partial charge in [0.05, 0.1) is 5.60 Å². The number of hydrogen-bond acceptors (Lipinski definition) is 4. The summed E-state index contributed by atoms with van der Waals surface area (Å²) in [4.78, 5) is -0.0840. The third-order valence-corrected chi connectivity index (χ3v) is 4.74. The highest BCUT2D eigenvalue weighted by Crippen LogP contribution is 2.27. The van der Waals surface area contributed by atoms with Crippen LogP contribution in [0.15, 0.2) is 29.2 Å². The normalized spacial score (nSPS) is 23.2. The molecule has 1 unspecified atom stereocenters. The molecule has 0 radical (unpaired) electrons. The average Bonchev–Trinajstić information content (AvgIpc) is 2.27. The Labute approximate surface area is 113 Å². The smallest absolute Gasteiger partial charge is 0.244 e. The summed E-state index contributed by atoms with van der Waals surface area (Å²) in [7, 11) is -3.70. The van der Waals surface area contributed by atoms with Gasteiger partial charge in [0, 0.05) is 12.6 Å². The number of benzene rings is 1. The molecule has 1 aromatic carbocycles. The van der Waals surface area contributed by atoms with Crippen molar-refractivity contribution in [3.63, 3.8) is 0 Å². The largest absolute Gasteiger partial charge is 0.507 e. The van der Waals surface area contributed by atoms with E-state index in [0.717, 1.165) is 0 Å². The molecule has 2 N–H and O–H groups in total. The van der Waals surface area contributed by atoms with Gasteiger partial charge in [0.1, 0.15) is 10.6 Å². The van der Waals surface area contributed by atoms with Gasteiger partial charge in [0.15, 0.2) is 0 Å². The summed E-state index contributed by atoms with van der Waals surface area (Å²) in [5, 5.41) is 9.63. The molecule has 0 amide bonds. The molecule has 0 aromatic heterocycles. The van der Waals surface area contributed by atoms with E-state index in [1.54, 1.807) is 12.1 Å². The molecule has 0 spiro atoms. The Morgan fingerprint density at radius 2 is 2.05 bits per heavy atom. The summed E-state index contributed by atoms with van der Waals surface area (Å²) in [6.45, 7) is 4.40. The molecule has 0 aliphatic carbocycles. The Balaban J connectivity index is 2.16. The number of rotatable bonds is 3. The molecule has 1 aliphatic heterocycles. The molecule has 106 valence electrons. The topological polar surface area (TPSA) is 75.6 Å². The number of phenols is 1. The molecule has 1 saturated heterocycles. The first-order valence-corrected chi connectivity index (χ1v) is 7.73. The quantitative estimate of drug-likeness (QED) is 0.885. The maximum Gasteiger partial charge on any atom is 0.244 e. The zero-order valence-corrected chi connectivity index (χ0v) is 11.9. The van der Waals surface area contributed by atoms with Crippen LogP contribution in [0.3, 0.4) is 0 Å². The predicted octanol–water partition coefficient (Wildman–Crippen LogP) is 1.63. The summed E-state index contributed by atoms with van der Waals surface area (Å²) in [5.74, 6) is -0.235. The summed E-state index contributed by atoms with van der Waals surface area (Å²) in [6.07, 6.45) is 1.25. The van der Waals surface area contributed by atoms with Crippen LogP contribution in [0.5, 0.6) is 5.75 Å². The lowest BCUT2D eigenvalue weighted by molar-refractivity contribution is -0.0599. The van der Waals surface area contributed by atoms with E-state index >= 15 is 0 Å². The fraction of sp³-hybridized carbons (Fsp3) is 0.538. The van der Waals surface area contributed by atoms with E-state index in [0.29, 0.717) is 19.4 Å². The summed E-state index contributed by atoms with van der Waals surface area (Å²) in [6, 6.07) is 5.76. The minimum Gasteiger partial charge on any atom is -0.507 e. The van der Waals surface area contributed by atoms with Crippen LogP contribution >= 0.6 is 0 Å². The van der Waals surface area contributed by atoms with Gasteiger partial charge in [-0.15, -0.1) is 0 Å². The molecule has 1 aliphatic rings. The fourth-order valence-electron chi connectivity index (χ4n) is 2.30. The van der Waals surface area contributed by atoms with Crippen LogP contribution in [-0.4, -0.2) is 31.8 Å². The molecule has 1 fully saturated rings. The zero-order valence-electron chi connectivity index (χ0n) is 11.1. The molecule has 1 heterocycles. The average molecular weight is 285 g/mol. The van der Waals surface area contributed by atoms with Gasteiger partial charge in [-0.3, -0.25) is 0 Å². The number of hydrogen-bond donors (Lipinski definition) is 2. The van der Waals surface area contributed by atoms with Gasteiger partial charge >= 0.3 is 0 Å². The van der Waals surface area contributed by atoms with Gasteiger partial charge in [-0.1, -0.05) is 12.1 Å². The number of para-hydroxylation sites is 1. The first-order valence-electron chi connectivity index (χ1n) is 6.24. The first kappa shape index (κ1) is 14.3. The molecule has 0 bridgehead atoms. The van der Waals surface area contributed by atoms with Gasteiger partial charge in [-0.2, -0.15) is 0 Å².